The Morgan fingerprint density at radius 1 is 0.800 bits per heavy atom. The molecule has 0 saturated carbocycles. The van der Waals surface area contributed by atoms with E-state index in [1.165, 1.54) is 22.3 Å². The van der Waals surface area contributed by atoms with Crippen LogP contribution in [0.3, 0.4) is 0 Å². The lowest BCUT2D eigenvalue weighted by Crippen LogP contribution is -2.46. The van der Waals surface area contributed by atoms with Crippen molar-refractivity contribution in [2.24, 2.45) is 0 Å². The second kappa shape index (κ2) is 6.76. The van der Waals surface area contributed by atoms with Crippen molar-refractivity contribution in [1.29, 1.82) is 0 Å². The summed E-state index contributed by atoms with van der Waals surface area (Å²) in [7, 11) is 0. The highest BCUT2D eigenvalue weighted by atomic mass is 79.9. The van der Waals surface area contributed by atoms with Gasteiger partial charge >= 0.3 is 5.69 Å². The molecule has 0 aliphatic carbocycles. The Kier molecular flexibility index (Phi) is 4.31. The van der Waals surface area contributed by atoms with Gasteiger partial charge in [-0.2, -0.15) is 5.10 Å². The van der Waals surface area contributed by atoms with Gasteiger partial charge in [0.25, 0.3) is 0 Å². The lowest BCUT2D eigenvalue weighted by Gasteiger charge is -2.37. The third-order valence-electron chi connectivity index (χ3n) is 4.52. The summed E-state index contributed by atoms with van der Waals surface area (Å²) in [4.78, 5) is 16.4. The minimum Gasteiger partial charge on any atom is -0.368 e. The van der Waals surface area contributed by atoms with Crippen LogP contribution in [0.4, 0.5) is 11.4 Å². The van der Waals surface area contributed by atoms with Crippen LogP contribution in [0.5, 0.6) is 0 Å². The molecule has 1 aromatic heterocycles. The lowest BCUT2D eigenvalue weighted by atomic mass is 10.2. The number of nitrogens with one attached hydrogen (secondary N) is 1. The van der Waals surface area contributed by atoms with Gasteiger partial charge in [0.1, 0.15) is 6.33 Å². The van der Waals surface area contributed by atoms with E-state index in [-0.39, 0.29) is 5.69 Å². The maximum atomic E-state index is 11.6. The predicted molar refractivity (Wildman–Crippen MR) is 103 cm³/mol. The third-order valence-corrected chi connectivity index (χ3v) is 5.05. The number of hydrogen-bond donors (Lipinski definition) is 1. The highest BCUT2D eigenvalue weighted by Crippen LogP contribution is 2.23. The molecule has 4 rings (SSSR count). The number of hydrogen-bond acceptors (Lipinski definition) is 4. The molecule has 2 aromatic carbocycles. The van der Waals surface area contributed by atoms with Gasteiger partial charge in [0.15, 0.2) is 0 Å². The first-order chi connectivity index (χ1) is 12.2. The van der Waals surface area contributed by atoms with E-state index in [2.05, 4.69) is 72.3 Å². The third kappa shape index (κ3) is 3.32. The predicted octanol–water partition coefficient (Wildman–Crippen LogP) is 2.65. The fourth-order valence-electron chi connectivity index (χ4n) is 3.13. The summed E-state index contributed by atoms with van der Waals surface area (Å²) in [5.41, 5.74) is 3.03. The number of anilines is 2. The highest BCUT2D eigenvalue weighted by Gasteiger charge is 2.17. The van der Waals surface area contributed by atoms with Crippen molar-refractivity contribution in [3.05, 3.63) is 69.8 Å². The Labute approximate surface area is 153 Å². The van der Waals surface area contributed by atoms with Crippen LogP contribution in [-0.2, 0) is 0 Å². The van der Waals surface area contributed by atoms with Crippen molar-refractivity contribution in [3.8, 4) is 5.69 Å². The van der Waals surface area contributed by atoms with E-state index in [4.69, 9.17) is 0 Å². The van der Waals surface area contributed by atoms with E-state index in [0.717, 1.165) is 36.3 Å². The molecule has 0 amide bonds. The van der Waals surface area contributed by atoms with Crippen molar-refractivity contribution < 1.29 is 0 Å². The second-order valence-electron chi connectivity index (χ2n) is 6.00. The first kappa shape index (κ1) is 16.0. The van der Waals surface area contributed by atoms with Crippen molar-refractivity contribution in [1.82, 2.24) is 14.8 Å². The van der Waals surface area contributed by atoms with Crippen LogP contribution in [0.15, 0.2) is 64.1 Å². The average molecular weight is 400 g/mol. The van der Waals surface area contributed by atoms with Gasteiger partial charge in [0, 0.05) is 42.0 Å². The Balaban J connectivity index is 1.43. The zero-order valence-corrected chi connectivity index (χ0v) is 15.2. The minimum absolute atomic E-state index is 0.226. The molecule has 3 aromatic rings. The van der Waals surface area contributed by atoms with E-state index in [1.807, 2.05) is 12.1 Å². The van der Waals surface area contributed by atoms with E-state index in [0.29, 0.717) is 0 Å². The highest BCUT2D eigenvalue weighted by molar-refractivity contribution is 9.10. The Morgan fingerprint density at radius 3 is 1.76 bits per heavy atom. The summed E-state index contributed by atoms with van der Waals surface area (Å²) >= 11 is 3.48. The van der Waals surface area contributed by atoms with Gasteiger partial charge in [0.2, 0.25) is 0 Å². The number of aromatic nitrogens is 3. The number of rotatable bonds is 3. The molecule has 1 fully saturated rings. The normalized spacial score (nSPS) is 14.8. The largest absolute Gasteiger partial charge is 0.368 e. The van der Waals surface area contributed by atoms with Crippen LogP contribution in [-0.4, -0.2) is 40.9 Å². The van der Waals surface area contributed by atoms with Gasteiger partial charge in [-0.3, -0.25) is 0 Å². The van der Waals surface area contributed by atoms with Crippen LogP contribution >= 0.6 is 15.9 Å². The van der Waals surface area contributed by atoms with Gasteiger partial charge < -0.3 is 9.80 Å². The van der Waals surface area contributed by atoms with Crippen molar-refractivity contribution >= 4 is 27.3 Å². The smallest absolute Gasteiger partial charge is 0.347 e. The van der Waals surface area contributed by atoms with E-state index in [9.17, 15) is 4.79 Å². The van der Waals surface area contributed by atoms with Gasteiger partial charge in [-0.15, -0.1) is 0 Å². The Morgan fingerprint density at radius 2 is 1.28 bits per heavy atom. The van der Waals surface area contributed by atoms with E-state index < -0.39 is 0 Å². The molecule has 0 unspecified atom stereocenters. The van der Waals surface area contributed by atoms with Crippen LogP contribution in [0.1, 0.15) is 0 Å². The SMILES string of the molecule is O=c1[nH]ncn1-c1ccc(N2CCN(c3ccc(Br)cc3)CC2)cc1. The standard InChI is InChI=1S/C18H18BrN5O/c19-14-1-3-15(4-2-14)22-9-11-23(12-10-22)16-5-7-17(8-6-16)24-13-20-21-18(24)25/h1-8,13H,9-12H2,(H,21,25). The molecule has 1 aliphatic heterocycles. The van der Waals surface area contributed by atoms with E-state index >= 15 is 0 Å². The van der Waals surface area contributed by atoms with E-state index in [1.54, 1.807) is 0 Å². The maximum absolute atomic E-state index is 11.6. The maximum Gasteiger partial charge on any atom is 0.347 e. The summed E-state index contributed by atoms with van der Waals surface area (Å²) in [5.74, 6) is 0. The topological polar surface area (TPSA) is 57.2 Å². The molecule has 7 heteroatoms. The van der Waals surface area contributed by atoms with Crippen LogP contribution in [0, 0.1) is 0 Å². The molecule has 0 spiro atoms. The molecule has 25 heavy (non-hydrogen) atoms. The summed E-state index contributed by atoms with van der Waals surface area (Å²) in [6.07, 6.45) is 1.49. The van der Waals surface area contributed by atoms with Crippen LogP contribution in [0.25, 0.3) is 5.69 Å². The Hall–Kier alpha value is -2.54. The summed E-state index contributed by atoms with van der Waals surface area (Å²) < 4.78 is 2.60. The quantitative estimate of drug-likeness (QED) is 0.735. The first-order valence-corrected chi connectivity index (χ1v) is 8.98. The zero-order valence-electron chi connectivity index (χ0n) is 13.6. The number of aromatic amines is 1. The molecule has 1 N–H and O–H groups in total. The van der Waals surface area contributed by atoms with Gasteiger partial charge in [0.05, 0.1) is 5.69 Å². The fraction of sp³-hybridized carbons (Fsp3) is 0.222. The van der Waals surface area contributed by atoms with Crippen LogP contribution < -0.4 is 15.5 Å². The van der Waals surface area contributed by atoms with Crippen molar-refractivity contribution in [3.63, 3.8) is 0 Å². The molecule has 6 nitrogen and oxygen atoms in total. The monoisotopic (exact) mass is 399 g/mol. The summed E-state index contributed by atoms with van der Waals surface area (Å²) in [5, 5.41) is 6.17. The van der Waals surface area contributed by atoms with Crippen LogP contribution in [0.2, 0.25) is 0 Å². The number of benzene rings is 2. The molecular weight excluding hydrogens is 382 g/mol. The molecular formula is C18H18BrN5O. The molecule has 0 bridgehead atoms. The minimum atomic E-state index is -0.226. The summed E-state index contributed by atoms with van der Waals surface area (Å²) in [6.45, 7) is 3.93. The fourth-order valence-corrected chi connectivity index (χ4v) is 3.40. The average Bonchev–Trinajstić information content (AvgIpc) is 3.09. The van der Waals surface area contributed by atoms with Crippen molar-refractivity contribution in [2.45, 2.75) is 0 Å². The number of piperazine rings is 1. The summed E-state index contributed by atoms with van der Waals surface area (Å²) in [6, 6.07) is 16.5. The van der Waals surface area contributed by atoms with Gasteiger partial charge in [-0.05, 0) is 48.5 Å². The molecule has 2 heterocycles. The molecule has 1 saturated heterocycles. The number of halogens is 1. The molecule has 0 radical (unpaired) electrons. The molecule has 0 atom stereocenters. The first-order valence-electron chi connectivity index (χ1n) is 8.19. The number of H-pyrrole nitrogens is 1. The van der Waals surface area contributed by atoms with Crippen molar-refractivity contribution in [2.75, 3.05) is 36.0 Å². The zero-order chi connectivity index (χ0) is 17.2. The molecule has 128 valence electrons. The Bertz CT molecular complexity index is 892. The lowest BCUT2D eigenvalue weighted by molar-refractivity contribution is 0.653. The second-order valence-corrected chi connectivity index (χ2v) is 6.91. The van der Waals surface area contributed by atoms with Gasteiger partial charge in [-0.25, -0.2) is 14.5 Å². The molecule has 1 aliphatic rings. The number of nitrogens with zero attached hydrogens (tertiary/aromatic N) is 4. The van der Waals surface area contributed by atoms with Gasteiger partial charge in [-0.1, -0.05) is 15.9 Å².